The lowest BCUT2D eigenvalue weighted by molar-refractivity contribution is -0.120. The summed E-state index contributed by atoms with van der Waals surface area (Å²) >= 11 is 1.39. The highest BCUT2D eigenvalue weighted by Crippen LogP contribution is 2.30. The van der Waals surface area contributed by atoms with Crippen LogP contribution >= 0.6 is 11.8 Å². The molecule has 3 rings (SSSR count). The molecule has 0 radical (unpaired) electrons. The van der Waals surface area contributed by atoms with E-state index in [1.807, 2.05) is 35.2 Å². The predicted molar refractivity (Wildman–Crippen MR) is 116 cm³/mol. The minimum absolute atomic E-state index is 0.00922. The van der Waals surface area contributed by atoms with Crippen molar-refractivity contribution < 1.29 is 9.59 Å². The van der Waals surface area contributed by atoms with Crippen LogP contribution in [0.2, 0.25) is 0 Å². The smallest absolute Gasteiger partial charge is 0.296 e. The van der Waals surface area contributed by atoms with Gasteiger partial charge < -0.3 is 4.90 Å². The molecule has 1 aromatic rings. The molecule has 154 valence electrons. The molecule has 2 saturated carbocycles. The topological polar surface area (TPSA) is 52.7 Å². The molecule has 0 unspecified atom stereocenters. The number of nitrogens with one attached hydrogen (secondary N) is 1. The highest BCUT2D eigenvalue weighted by molar-refractivity contribution is 8.14. The van der Waals surface area contributed by atoms with E-state index in [-0.39, 0.29) is 23.7 Å². The van der Waals surface area contributed by atoms with Gasteiger partial charge in [0.2, 0.25) is 5.91 Å². The average molecular weight is 404 g/mol. The Hall–Kier alpha value is -1.53. The number of hydrogen-bond donors (Lipinski definition) is 1. The summed E-state index contributed by atoms with van der Waals surface area (Å²) < 4.78 is 0. The summed E-state index contributed by atoms with van der Waals surface area (Å²) in [7, 11) is 1.72. The zero-order valence-corrected chi connectivity index (χ0v) is 17.8. The molecule has 0 saturated heterocycles. The van der Waals surface area contributed by atoms with E-state index in [1.165, 1.54) is 42.5 Å². The number of carbonyl (C=O) groups excluding carboxylic acids is 2. The molecule has 0 bridgehead atoms. The van der Waals surface area contributed by atoms with Crippen molar-refractivity contribution in [1.29, 1.82) is 0 Å². The molecule has 0 spiro atoms. The van der Waals surface area contributed by atoms with E-state index in [0.29, 0.717) is 5.25 Å². The van der Waals surface area contributed by atoms with E-state index in [1.54, 1.807) is 7.05 Å². The molecule has 1 N–H and O–H groups in total. The standard InChI is InChI=1S/C22H33N3O2S/c1-23-24(22(27)28-20-15-9-4-10-16-20)17-21(26)25(18-11-5-2-6-12-18)19-13-7-3-8-14-19/h2,5-6,11-12,19-20,23H,3-4,7-10,13-17H2,1H3. The predicted octanol–water partition coefficient (Wildman–Crippen LogP) is 4.97. The third kappa shape index (κ3) is 5.74. The van der Waals surface area contributed by atoms with Crippen LogP contribution in [-0.4, -0.2) is 41.0 Å². The second kappa shape index (κ2) is 10.9. The van der Waals surface area contributed by atoms with Crippen LogP contribution in [0.25, 0.3) is 0 Å². The van der Waals surface area contributed by atoms with E-state index in [0.717, 1.165) is 44.2 Å². The first-order chi connectivity index (χ1) is 13.7. The van der Waals surface area contributed by atoms with Gasteiger partial charge in [0.15, 0.2) is 0 Å². The van der Waals surface area contributed by atoms with Crippen molar-refractivity contribution in [3.05, 3.63) is 30.3 Å². The van der Waals surface area contributed by atoms with Crippen LogP contribution in [0.1, 0.15) is 64.2 Å². The van der Waals surface area contributed by atoms with Gasteiger partial charge in [0, 0.05) is 24.0 Å². The third-order valence-electron chi connectivity index (χ3n) is 5.85. The largest absolute Gasteiger partial charge is 0.308 e. The van der Waals surface area contributed by atoms with Crippen LogP contribution in [0.3, 0.4) is 0 Å². The SMILES string of the molecule is CNN(CC(=O)N(c1ccccc1)C1CCCCC1)C(=O)SC1CCCCC1. The number of nitrogens with zero attached hydrogens (tertiary/aromatic N) is 2. The molecule has 28 heavy (non-hydrogen) atoms. The lowest BCUT2D eigenvalue weighted by Crippen LogP contribution is -2.50. The summed E-state index contributed by atoms with van der Waals surface area (Å²) in [4.78, 5) is 28.0. The van der Waals surface area contributed by atoms with E-state index < -0.39 is 0 Å². The maximum Gasteiger partial charge on any atom is 0.296 e. The minimum atomic E-state index is -0.0422. The Bertz CT molecular complexity index is 628. The van der Waals surface area contributed by atoms with E-state index in [9.17, 15) is 9.59 Å². The van der Waals surface area contributed by atoms with Crippen molar-refractivity contribution in [2.75, 3.05) is 18.5 Å². The summed E-state index contributed by atoms with van der Waals surface area (Å²) in [5, 5.41) is 1.83. The van der Waals surface area contributed by atoms with E-state index in [2.05, 4.69) is 5.43 Å². The first-order valence-corrected chi connectivity index (χ1v) is 11.6. The van der Waals surface area contributed by atoms with Crippen LogP contribution in [0.5, 0.6) is 0 Å². The van der Waals surface area contributed by atoms with Crippen molar-refractivity contribution in [1.82, 2.24) is 10.4 Å². The summed E-state index contributed by atoms with van der Waals surface area (Å²) in [5.74, 6) is -0.00922. The van der Waals surface area contributed by atoms with Crippen molar-refractivity contribution in [3.8, 4) is 0 Å². The van der Waals surface area contributed by atoms with Crippen LogP contribution in [0.15, 0.2) is 30.3 Å². The first kappa shape index (κ1) is 21.2. The zero-order valence-electron chi connectivity index (χ0n) is 16.9. The Morgan fingerprint density at radius 2 is 1.57 bits per heavy atom. The van der Waals surface area contributed by atoms with Gasteiger partial charge in [-0.1, -0.05) is 68.5 Å². The Morgan fingerprint density at radius 1 is 0.964 bits per heavy atom. The number of anilines is 1. The lowest BCUT2D eigenvalue weighted by Gasteiger charge is -2.36. The number of para-hydroxylation sites is 1. The maximum absolute atomic E-state index is 13.3. The van der Waals surface area contributed by atoms with Gasteiger partial charge >= 0.3 is 0 Å². The van der Waals surface area contributed by atoms with Gasteiger partial charge in [0.1, 0.15) is 6.54 Å². The molecule has 0 heterocycles. The Morgan fingerprint density at radius 3 is 2.18 bits per heavy atom. The van der Waals surface area contributed by atoms with Gasteiger partial charge in [-0.3, -0.25) is 14.6 Å². The van der Waals surface area contributed by atoms with Gasteiger partial charge in [0.05, 0.1) is 0 Å². The molecular formula is C22H33N3O2S. The van der Waals surface area contributed by atoms with Crippen LogP contribution in [0, 0.1) is 0 Å². The molecule has 2 aliphatic carbocycles. The number of carbonyl (C=O) groups is 2. The first-order valence-electron chi connectivity index (χ1n) is 10.7. The normalized spacial score (nSPS) is 18.6. The molecule has 2 fully saturated rings. The summed E-state index contributed by atoms with van der Waals surface area (Å²) in [6.45, 7) is 0.0699. The monoisotopic (exact) mass is 403 g/mol. The Labute approximate surface area is 173 Å². The van der Waals surface area contributed by atoms with Gasteiger partial charge in [-0.05, 0) is 37.8 Å². The fourth-order valence-electron chi connectivity index (χ4n) is 4.32. The third-order valence-corrected chi connectivity index (χ3v) is 7.07. The number of hydrogen-bond acceptors (Lipinski definition) is 4. The number of thioether (sulfide) groups is 1. The molecule has 6 heteroatoms. The number of rotatable bonds is 6. The Kier molecular flexibility index (Phi) is 8.22. The highest BCUT2D eigenvalue weighted by Gasteiger charge is 2.30. The minimum Gasteiger partial charge on any atom is -0.308 e. The van der Waals surface area contributed by atoms with Crippen LogP contribution in [-0.2, 0) is 4.79 Å². The fraction of sp³-hybridized carbons (Fsp3) is 0.636. The number of amides is 2. The molecular weight excluding hydrogens is 370 g/mol. The van der Waals surface area contributed by atoms with Gasteiger partial charge in [-0.25, -0.2) is 5.43 Å². The lowest BCUT2D eigenvalue weighted by atomic mass is 9.93. The second-order valence-corrected chi connectivity index (χ2v) is 9.10. The van der Waals surface area contributed by atoms with Gasteiger partial charge in [0.25, 0.3) is 5.24 Å². The average Bonchev–Trinajstić information content (AvgIpc) is 2.74. The van der Waals surface area contributed by atoms with Gasteiger partial charge in [-0.15, -0.1) is 0 Å². The fourth-order valence-corrected chi connectivity index (χ4v) is 5.46. The molecule has 1 aromatic carbocycles. The van der Waals surface area contributed by atoms with Crippen molar-refractivity contribution in [2.45, 2.75) is 75.5 Å². The van der Waals surface area contributed by atoms with Crippen molar-refractivity contribution in [3.63, 3.8) is 0 Å². The quantitative estimate of drug-likeness (QED) is 0.681. The van der Waals surface area contributed by atoms with Crippen molar-refractivity contribution >= 4 is 28.6 Å². The highest BCUT2D eigenvalue weighted by atomic mass is 32.2. The number of benzene rings is 1. The summed E-state index contributed by atoms with van der Waals surface area (Å²) in [5.41, 5.74) is 3.88. The van der Waals surface area contributed by atoms with Crippen molar-refractivity contribution in [2.24, 2.45) is 0 Å². The van der Waals surface area contributed by atoms with E-state index in [4.69, 9.17) is 0 Å². The summed E-state index contributed by atoms with van der Waals surface area (Å²) in [6, 6.07) is 10.1. The number of hydrazine groups is 1. The molecule has 0 atom stereocenters. The Balaban J connectivity index is 1.67. The summed E-state index contributed by atoms with van der Waals surface area (Å²) in [6.07, 6.45) is 11.5. The molecule has 2 aliphatic rings. The molecule has 5 nitrogen and oxygen atoms in total. The van der Waals surface area contributed by atoms with Crippen LogP contribution in [0.4, 0.5) is 10.5 Å². The van der Waals surface area contributed by atoms with Gasteiger partial charge in [-0.2, -0.15) is 0 Å². The zero-order chi connectivity index (χ0) is 19.8. The molecule has 2 amide bonds. The molecule has 0 aromatic heterocycles. The van der Waals surface area contributed by atoms with E-state index >= 15 is 0 Å². The van der Waals surface area contributed by atoms with Crippen LogP contribution < -0.4 is 10.3 Å². The molecule has 0 aliphatic heterocycles. The second-order valence-electron chi connectivity index (χ2n) is 7.84. The maximum atomic E-state index is 13.3.